The third-order valence-corrected chi connectivity index (χ3v) is 3.22. The van der Waals surface area contributed by atoms with Crippen molar-refractivity contribution in [3.05, 3.63) is 40.5 Å². The molecule has 0 saturated heterocycles. The van der Waals surface area contributed by atoms with Gasteiger partial charge in [-0.1, -0.05) is 22.0 Å². The van der Waals surface area contributed by atoms with E-state index >= 15 is 0 Å². The fourth-order valence-electron chi connectivity index (χ4n) is 1.89. The monoisotopic (exact) mass is 305 g/mol. The van der Waals surface area contributed by atoms with E-state index in [1.54, 1.807) is 0 Å². The molecule has 3 aromatic rings. The van der Waals surface area contributed by atoms with E-state index in [2.05, 4.69) is 31.1 Å². The number of carbonyl (C=O) groups is 1. The average Bonchev–Trinajstić information content (AvgIpc) is 2.93. The third kappa shape index (κ3) is 1.70. The van der Waals surface area contributed by atoms with Gasteiger partial charge in [0.05, 0.1) is 17.6 Å². The van der Waals surface area contributed by atoms with E-state index in [4.69, 9.17) is 5.11 Å². The van der Waals surface area contributed by atoms with Gasteiger partial charge < -0.3 is 10.1 Å². The smallest absolute Gasteiger partial charge is 0.339 e. The zero-order valence-corrected chi connectivity index (χ0v) is 10.7. The molecule has 0 bridgehead atoms. The van der Waals surface area contributed by atoms with Gasteiger partial charge in [0, 0.05) is 15.4 Å². The molecule has 2 aromatic heterocycles. The summed E-state index contributed by atoms with van der Waals surface area (Å²) in [5.74, 6) is -1.00. The minimum atomic E-state index is -1.00. The molecule has 0 spiro atoms. The fraction of sp³-hybridized carbons (Fsp3) is 0. The van der Waals surface area contributed by atoms with Gasteiger partial charge in [0.1, 0.15) is 5.56 Å². The van der Waals surface area contributed by atoms with Crippen molar-refractivity contribution in [2.45, 2.75) is 0 Å². The number of hydrogen-bond acceptors (Lipinski definition) is 2. The number of aromatic amines is 2. The Morgan fingerprint density at radius 2 is 2.17 bits per heavy atom. The van der Waals surface area contributed by atoms with Crippen LogP contribution in [0.1, 0.15) is 10.4 Å². The molecule has 0 fully saturated rings. The van der Waals surface area contributed by atoms with Gasteiger partial charge in [0.25, 0.3) is 0 Å². The number of aromatic nitrogens is 3. The number of fused-ring (bicyclic) bond motifs is 1. The minimum absolute atomic E-state index is 0.153. The Morgan fingerprint density at radius 3 is 2.94 bits per heavy atom. The van der Waals surface area contributed by atoms with Crippen molar-refractivity contribution >= 4 is 32.8 Å². The van der Waals surface area contributed by atoms with Crippen LogP contribution in [-0.2, 0) is 0 Å². The van der Waals surface area contributed by atoms with Crippen molar-refractivity contribution in [2.75, 3.05) is 0 Å². The van der Waals surface area contributed by atoms with Crippen LogP contribution in [0.2, 0.25) is 0 Å². The largest absolute Gasteiger partial charge is 0.478 e. The van der Waals surface area contributed by atoms with Crippen molar-refractivity contribution in [1.29, 1.82) is 0 Å². The topological polar surface area (TPSA) is 81.8 Å². The number of aromatic carboxylic acids is 1. The Bertz CT molecular complexity index is 745. The summed E-state index contributed by atoms with van der Waals surface area (Å²) in [5, 5.41) is 16.5. The van der Waals surface area contributed by atoms with Gasteiger partial charge in [-0.3, -0.25) is 5.10 Å². The van der Waals surface area contributed by atoms with Gasteiger partial charge in [0.15, 0.2) is 0 Å². The SMILES string of the molecule is O=C(O)c1cn[nH]c1-c1cc2ccc(Br)cc2[nH]1. The fourth-order valence-corrected chi connectivity index (χ4v) is 2.25. The molecule has 3 rings (SSSR count). The zero-order chi connectivity index (χ0) is 12.7. The van der Waals surface area contributed by atoms with E-state index in [-0.39, 0.29) is 5.56 Å². The molecular weight excluding hydrogens is 298 g/mol. The number of carboxylic acid groups (broad SMARTS) is 1. The molecule has 5 nitrogen and oxygen atoms in total. The molecule has 0 amide bonds. The Morgan fingerprint density at radius 1 is 1.33 bits per heavy atom. The van der Waals surface area contributed by atoms with Crippen LogP contribution in [0.3, 0.4) is 0 Å². The number of halogens is 1. The van der Waals surface area contributed by atoms with Gasteiger partial charge in [0.2, 0.25) is 0 Å². The first-order chi connectivity index (χ1) is 8.65. The molecule has 2 heterocycles. The maximum Gasteiger partial charge on any atom is 0.339 e. The van der Waals surface area contributed by atoms with E-state index in [1.165, 1.54) is 6.20 Å². The number of benzene rings is 1. The Balaban J connectivity index is 2.19. The molecule has 0 aliphatic heterocycles. The average molecular weight is 306 g/mol. The van der Waals surface area contributed by atoms with Crippen LogP contribution in [-0.4, -0.2) is 26.3 Å². The molecule has 0 unspecified atom stereocenters. The molecule has 0 saturated carbocycles. The lowest BCUT2D eigenvalue weighted by Crippen LogP contribution is -1.96. The molecule has 3 N–H and O–H groups in total. The number of nitrogens with zero attached hydrogens (tertiary/aromatic N) is 1. The van der Waals surface area contributed by atoms with Gasteiger partial charge in [-0.05, 0) is 18.2 Å². The second kappa shape index (κ2) is 3.99. The highest BCUT2D eigenvalue weighted by atomic mass is 79.9. The van der Waals surface area contributed by atoms with E-state index in [0.29, 0.717) is 11.4 Å². The number of nitrogens with one attached hydrogen (secondary N) is 2. The van der Waals surface area contributed by atoms with Crippen LogP contribution in [0, 0.1) is 0 Å². The summed E-state index contributed by atoms with van der Waals surface area (Å²) in [7, 11) is 0. The molecule has 0 radical (unpaired) electrons. The zero-order valence-electron chi connectivity index (χ0n) is 9.07. The first-order valence-electron chi connectivity index (χ1n) is 5.20. The van der Waals surface area contributed by atoms with Crippen LogP contribution in [0.15, 0.2) is 34.9 Å². The molecule has 1 aromatic carbocycles. The summed E-state index contributed by atoms with van der Waals surface area (Å²) in [4.78, 5) is 14.2. The highest BCUT2D eigenvalue weighted by molar-refractivity contribution is 9.10. The molecule has 0 atom stereocenters. The normalized spacial score (nSPS) is 10.9. The first-order valence-corrected chi connectivity index (χ1v) is 6.00. The van der Waals surface area contributed by atoms with Crippen LogP contribution in [0.25, 0.3) is 22.3 Å². The standard InChI is InChI=1S/C12H8BrN3O2/c13-7-2-1-6-3-10(15-9(6)4-7)11-8(12(17)18)5-14-16-11/h1-5,15H,(H,14,16)(H,17,18). The number of hydrogen-bond donors (Lipinski definition) is 3. The summed E-state index contributed by atoms with van der Waals surface area (Å²) in [6.45, 7) is 0. The second-order valence-corrected chi connectivity index (χ2v) is 4.79. The molecule has 6 heteroatoms. The van der Waals surface area contributed by atoms with E-state index in [9.17, 15) is 4.79 Å². The van der Waals surface area contributed by atoms with Crippen molar-refractivity contribution in [3.8, 4) is 11.4 Å². The Hall–Kier alpha value is -2.08. The Kier molecular flexibility index (Phi) is 2.45. The Labute approximate surface area is 110 Å². The van der Waals surface area contributed by atoms with E-state index < -0.39 is 5.97 Å². The summed E-state index contributed by atoms with van der Waals surface area (Å²) >= 11 is 3.39. The number of H-pyrrole nitrogens is 2. The van der Waals surface area contributed by atoms with Crippen LogP contribution in [0.4, 0.5) is 0 Å². The predicted octanol–water partition coefficient (Wildman–Crippen LogP) is 3.02. The van der Waals surface area contributed by atoms with Crippen molar-refractivity contribution in [1.82, 2.24) is 15.2 Å². The van der Waals surface area contributed by atoms with Crippen molar-refractivity contribution in [2.24, 2.45) is 0 Å². The quantitative estimate of drug-likeness (QED) is 0.680. The van der Waals surface area contributed by atoms with Gasteiger partial charge in [-0.2, -0.15) is 5.10 Å². The lowest BCUT2D eigenvalue weighted by Gasteiger charge is -1.94. The van der Waals surface area contributed by atoms with Gasteiger partial charge in [-0.15, -0.1) is 0 Å². The van der Waals surface area contributed by atoms with Crippen LogP contribution >= 0.6 is 15.9 Å². The summed E-state index contributed by atoms with van der Waals surface area (Å²) < 4.78 is 0.964. The highest BCUT2D eigenvalue weighted by Crippen LogP contribution is 2.26. The first kappa shape index (κ1) is 11.0. The molecule has 90 valence electrons. The second-order valence-electron chi connectivity index (χ2n) is 3.88. The molecular formula is C12H8BrN3O2. The third-order valence-electron chi connectivity index (χ3n) is 2.72. The summed E-state index contributed by atoms with van der Waals surface area (Å²) in [6.07, 6.45) is 1.30. The van der Waals surface area contributed by atoms with Gasteiger partial charge >= 0.3 is 5.97 Å². The number of rotatable bonds is 2. The maximum absolute atomic E-state index is 11.0. The van der Waals surface area contributed by atoms with E-state index in [0.717, 1.165) is 15.4 Å². The summed E-state index contributed by atoms with van der Waals surface area (Å²) in [6, 6.07) is 7.72. The molecule has 0 aliphatic carbocycles. The van der Waals surface area contributed by atoms with Gasteiger partial charge in [-0.25, -0.2) is 4.79 Å². The molecule has 0 aliphatic rings. The number of carboxylic acids is 1. The van der Waals surface area contributed by atoms with E-state index in [1.807, 2.05) is 24.3 Å². The molecule has 18 heavy (non-hydrogen) atoms. The summed E-state index contributed by atoms with van der Waals surface area (Å²) in [5.41, 5.74) is 2.28. The van der Waals surface area contributed by atoms with Crippen LogP contribution < -0.4 is 0 Å². The lowest BCUT2D eigenvalue weighted by atomic mass is 10.2. The lowest BCUT2D eigenvalue weighted by molar-refractivity contribution is 0.0698. The van der Waals surface area contributed by atoms with Crippen LogP contribution in [0.5, 0.6) is 0 Å². The van der Waals surface area contributed by atoms with Crippen molar-refractivity contribution < 1.29 is 9.90 Å². The van der Waals surface area contributed by atoms with Crippen molar-refractivity contribution in [3.63, 3.8) is 0 Å². The predicted molar refractivity (Wildman–Crippen MR) is 70.5 cm³/mol. The maximum atomic E-state index is 11.0. The highest BCUT2D eigenvalue weighted by Gasteiger charge is 2.15. The minimum Gasteiger partial charge on any atom is -0.478 e.